The quantitative estimate of drug-likeness (QED) is 0.354. The molecule has 2 aromatic carbocycles. The number of ether oxygens (including phenoxy) is 2. The molecule has 2 aliphatic heterocycles. The molecule has 2 aliphatic rings. The van der Waals surface area contributed by atoms with Crippen molar-refractivity contribution in [2.75, 3.05) is 7.11 Å². The van der Waals surface area contributed by atoms with E-state index in [2.05, 4.69) is 4.98 Å². The number of carbonyl (C=O) groups excluding carboxylic acids is 2. The average Bonchev–Trinajstić information content (AvgIpc) is 3.35. The van der Waals surface area contributed by atoms with E-state index in [-0.39, 0.29) is 24.0 Å². The summed E-state index contributed by atoms with van der Waals surface area (Å²) in [6, 6.07) is 15.3. The minimum atomic E-state index is -0.812. The number of aliphatic hydroxyl groups excluding tert-OH is 1. The van der Waals surface area contributed by atoms with Crippen molar-refractivity contribution < 1.29 is 24.2 Å². The molecule has 2 unspecified atom stereocenters. The molecule has 34 heavy (non-hydrogen) atoms. The largest absolute Gasteiger partial charge is 0.507 e. The van der Waals surface area contributed by atoms with Crippen LogP contribution in [0, 0.1) is 0 Å². The van der Waals surface area contributed by atoms with Gasteiger partial charge in [-0.2, -0.15) is 0 Å². The average molecular weight is 456 g/mol. The van der Waals surface area contributed by atoms with E-state index in [1.165, 1.54) is 12.0 Å². The molecule has 1 N–H and O–H groups in total. The molecule has 1 amide bonds. The first-order chi connectivity index (χ1) is 16.5. The number of methoxy groups -OCH3 is 1. The van der Waals surface area contributed by atoms with Crippen LogP contribution in [0.1, 0.15) is 35.2 Å². The van der Waals surface area contributed by atoms with Crippen molar-refractivity contribution >= 4 is 17.4 Å². The number of rotatable bonds is 5. The summed E-state index contributed by atoms with van der Waals surface area (Å²) in [5.74, 6) is -0.325. The first-order valence-corrected chi connectivity index (χ1v) is 11.1. The number of hydrogen-bond acceptors (Lipinski definition) is 6. The van der Waals surface area contributed by atoms with Crippen LogP contribution in [0.5, 0.6) is 11.5 Å². The fourth-order valence-corrected chi connectivity index (χ4v) is 4.67. The van der Waals surface area contributed by atoms with Gasteiger partial charge in [-0.3, -0.25) is 14.6 Å². The third-order valence-electron chi connectivity index (χ3n) is 6.25. The molecule has 7 nitrogen and oxygen atoms in total. The lowest BCUT2D eigenvalue weighted by Crippen LogP contribution is -2.29. The topological polar surface area (TPSA) is 89.0 Å². The zero-order valence-electron chi connectivity index (χ0n) is 18.9. The number of hydrogen-bond donors (Lipinski definition) is 1. The van der Waals surface area contributed by atoms with Crippen molar-refractivity contribution in [3.05, 3.63) is 94.8 Å². The van der Waals surface area contributed by atoms with Crippen LogP contribution < -0.4 is 9.47 Å². The number of carbonyl (C=O) groups is 2. The van der Waals surface area contributed by atoms with Gasteiger partial charge < -0.3 is 19.5 Å². The summed E-state index contributed by atoms with van der Waals surface area (Å²) in [7, 11) is 1.54. The highest BCUT2D eigenvalue weighted by Crippen LogP contribution is 2.44. The Bertz CT molecular complexity index is 1300. The van der Waals surface area contributed by atoms with Gasteiger partial charge in [0.1, 0.15) is 23.4 Å². The molecule has 1 saturated heterocycles. The number of aromatic nitrogens is 1. The number of para-hydroxylation sites is 1. The minimum absolute atomic E-state index is 0.0375. The zero-order chi connectivity index (χ0) is 23.8. The predicted octanol–water partition coefficient (Wildman–Crippen LogP) is 4.04. The highest BCUT2D eigenvalue weighted by Gasteiger charge is 2.47. The van der Waals surface area contributed by atoms with E-state index in [1.807, 2.05) is 25.1 Å². The summed E-state index contributed by atoms with van der Waals surface area (Å²) in [6.45, 7) is 2.16. The molecule has 0 aliphatic carbocycles. The third kappa shape index (κ3) is 3.69. The lowest BCUT2D eigenvalue weighted by molar-refractivity contribution is -0.140. The molecule has 3 aromatic rings. The molecule has 1 aromatic heterocycles. The molecule has 5 rings (SSSR count). The number of likely N-dealkylation sites (tertiary alicyclic amines) is 1. The summed E-state index contributed by atoms with van der Waals surface area (Å²) < 4.78 is 11.3. The maximum atomic E-state index is 13.3. The monoisotopic (exact) mass is 456 g/mol. The molecule has 1 fully saturated rings. The van der Waals surface area contributed by atoms with Gasteiger partial charge in [0, 0.05) is 36.5 Å². The SMILES string of the molecule is COc1ccccc1C1C(=C(O)c2ccc3c(c2)CC(C)O3)C(=O)C(=O)N1Cc1ccncc1. The van der Waals surface area contributed by atoms with Gasteiger partial charge in [0.15, 0.2) is 0 Å². The Morgan fingerprint density at radius 2 is 1.91 bits per heavy atom. The number of ketones is 1. The van der Waals surface area contributed by atoms with Crippen LogP contribution in [0.25, 0.3) is 5.76 Å². The van der Waals surface area contributed by atoms with Crippen molar-refractivity contribution in [1.29, 1.82) is 0 Å². The Labute approximate surface area is 197 Å². The van der Waals surface area contributed by atoms with E-state index in [4.69, 9.17) is 9.47 Å². The van der Waals surface area contributed by atoms with Gasteiger partial charge in [0.05, 0.1) is 18.7 Å². The summed E-state index contributed by atoms with van der Waals surface area (Å²) in [5.41, 5.74) is 2.91. The predicted molar refractivity (Wildman–Crippen MR) is 125 cm³/mol. The van der Waals surface area contributed by atoms with Crippen LogP contribution in [0.4, 0.5) is 0 Å². The van der Waals surface area contributed by atoms with Crippen LogP contribution in [-0.2, 0) is 22.6 Å². The number of aliphatic hydroxyl groups is 1. The zero-order valence-corrected chi connectivity index (χ0v) is 18.9. The number of nitrogens with zero attached hydrogens (tertiary/aromatic N) is 2. The van der Waals surface area contributed by atoms with Crippen LogP contribution in [0.3, 0.4) is 0 Å². The van der Waals surface area contributed by atoms with Gasteiger partial charge in [0.25, 0.3) is 11.7 Å². The van der Waals surface area contributed by atoms with Crippen LogP contribution in [0.15, 0.2) is 72.6 Å². The van der Waals surface area contributed by atoms with Crippen LogP contribution in [0.2, 0.25) is 0 Å². The Morgan fingerprint density at radius 3 is 2.68 bits per heavy atom. The number of amides is 1. The van der Waals surface area contributed by atoms with E-state index in [0.717, 1.165) is 16.9 Å². The summed E-state index contributed by atoms with van der Waals surface area (Å²) in [4.78, 5) is 32.0. The molecule has 3 heterocycles. The second-order valence-electron chi connectivity index (χ2n) is 8.48. The minimum Gasteiger partial charge on any atom is -0.507 e. The van der Waals surface area contributed by atoms with E-state index < -0.39 is 17.7 Å². The van der Waals surface area contributed by atoms with Crippen molar-refractivity contribution in [2.24, 2.45) is 0 Å². The first kappa shape index (κ1) is 21.7. The van der Waals surface area contributed by atoms with Crippen LogP contribution >= 0.6 is 0 Å². The highest BCUT2D eigenvalue weighted by molar-refractivity contribution is 6.46. The molecular formula is C27H24N2O5. The Balaban J connectivity index is 1.66. The molecule has 2 atom stereocenters. The Morgan fingerprint density at radius 1 is 1.15 bits per heavy atom. The molecular weight excluding hydrogens is 432 g/mol. The number of Topliss-reactive ketones (excluding diaryl/α,β-unsaturated/α-hetero) is 1. The van der Waals surface area contributed by atoms with E-state index in [9.17, 15) is 14.7 Å². The number of benzene rings is 2. The summed E-state index contributed by atoms with van der Waals surface area (Å²) in [6.07, 6.45) is 4.03. The van der Waals surface area contributed by atoms with E-state index >= 15 is 0 Å². The molecule has 0 bridgehead atoms. The smallest absolute Gasteiger partial charge is 0.295 e. The fraction of sp³-hybridized carbons (Fsp3) is 0.222. The maximum Gasteiger partial charge on any atom is 0.295 e. The third-order valence-corrected chi connectivity index (χ3v) is 6.25. The van der Waals surface area contributed by atoms with Crippen molar-refractivity contribution in [1.82, 2.24) is 9.88 Å². The summed E-state index contributed by atoms with van der Waals surface area (Å²) in [5, 5.41) is 11.4. The van der Waals surface area contributed by atoms with Gasteiger partial charge in [-0.25, -0.2) is 0 Å². The van der Waals surface area contributed by atoms with Gasteiger partial charge in [-0.05, 0) is 54.4 Å². The van der Waals surface area contributed by atoms with Gasteiger partial charge in [-0.15, -0.1) is 0 Å². The lowest BCUT2D eigenvalue weighted by atomic mass is 9.93. The molecule has 7 heteroatoms. The number of fused-ring (bicyclic) bond motifs is 1. The van der Waals surface area contributed by atoms with Crippen LogP contribution in [-0.4, -0.2) is 39.9 Å². The normalized spacial score (nSPS) is 20.8. The Hall–Kier alpha value is -4.13. The van der Waals surface area contributed by atoms with Crippen molar-refractivity contribution in [3.8, 4) is 11.5 Å². The van der Waals surface area contributed by atoms with Crippen molar-refractivity contribution in [2.45, 2.75) is 32.0 Å². The Kier molecular flexibility index (Phi) is 5.53. The molecule has 0 spiro atoms. The lowest BCUT2D eigenvalue weighted by Gasteiger charge is -2.26. The number of pyridine rings is 1. The molecule has 172 valence electrons. The first-order valence-electron chi connectivity index (χ1n) is 11.1. The summed E-state index contributed by atoms with van der Waals surface area (Å²) >= 11 is 0. The standard InChI is InChI=1S/C27H24N2O5/c1-16-13-19-14-18(7-8-21(19)34-16)25(30)23-24(20-5-3-4-6-22(20)33-2)29(27(32)26(23)31)15-17-9-11-28-12-10-17/h3-12,14,16,24,30H,13,15H2,1-2H3. The molecule has 0 radical (unpaired) electrons. The molecule has 0 saturated carbocycles. The van der Waals surface area contributed by atoms with Gasteiger partial charge in [-0.1, -0.05) is 18.2 Å². The van der Waals surface area contributed by atoms with Crippen molar-refractivity contribution in [3.63, 3.8) is 0 Å². The second kappa shape index (κ2) is 8.67. The maximum absolute atomic E-state index is 13.3. The van der Waals surface area contributed by atoms with E-state index in [1.54, 1.807) is 48.8 Å². The van der Waals surface area contributed by atoms with E-state index in [0.29, 0.717) is 23.3 Å². The van der Waals surface area contributed by atoms with Gasteiger partial charge >= 0.3 is 0 Å². The second-order valence-corrected chi connectivity index (χ2v) is 8.48. The fourth-order valence-electron chi connectivity index (χ4n) is 4.67. The highest BCUT2D eigenvalue weighted by atomic mass is 16.5. The van der Waals surface area contributed by atoms with Gasteiger partial charge in [0.2, 0.25) is 0 Å².